The van der Waals surface area contributed by atoms with Crippen molar-refractivity contribution in [3.8, 4) is 0 Å². The van der Waals surface area contributed by atoms with Gasteiger partial charge in [0.15, 0.2) is 0 Å². The number of carbonyl (C=O) groups excluding carboxylic acids is 3. The molecule has 1 aliphatic heterocycles. The fraction of sp³-hybridized carbons (Fsp3) is 0.550. The fourth-order valence-corrected chi connectivity index (χ4v) is 2.61. The summed E-state index contributed by atoms with van der Waals surface area (Å²) in [6, 6.07) is 8.21. The van der Waals surface area contributed by atoms with Gasteiger partial charge in [-0.05, 0) is 26.3 Å². The fourth-order valence-electron chi connectivity index (χ4n) is 2.61. The van der Waals surface area contributed by atoms with Gasteiger partial charge in [-0.25, -0.2) is 9.59 Å². The zero-order valence-electron chi connectivity index (χ0n) is 17.1. The first-order valence-electron chi connectivity index (χ1n) is 9.55. The van der Waals surface area contributed by atoms with Crippen LogP contribution in [0.2, 0.25) is 0 Å². The molecule has 9 nitrogen and oxygen atoms in total. The Morgan fingerprint density at radius 1 is 1.10 bits per heavy atom. The second kappa shape index (κ2) is 10.7. The molecule has 1 saturated heterocycles. The van der Waals surface area contributed by atoms with E-state index in [-0.39, 0.29) is 19.1 Å². The lowest BCUT2D eigenvalue weighted by molar-refractivity contribution is -0.137. The normalized spacial score (nSPS) is 15.2. The highest BCUT2D eigenvalue weighted by Gasteiger charge is 2.29. The number of hydrogen-bond acceptors (Lipinski definition) is 6. The van der Waals surface area contributed by atoms with Crippen molar-refractivity contribution < 1.29 is 28.6 Å². The van der Waals surface area contributed by atoms with E-state index in [0.29, 0.717) is 26.3 Å². The van der Waals surface area contributed by atoms with Crippen LogP contribution in [0.3, 0.4) is 0 Å². The van der Waals surface area contributed by atoms with Gasteiger partial charge in [-0.1, -0.05) is 30.3 Å². The summed E-state index contributed by atoms with van der Waals surface area (Å²) in [6.07, 6.45) is -1.41. The Morgan fingerprint density at radius 2 is 1.76 bits per heavy atom. The van der Waals surface area contributed by atoms with Crippen LogP contribution in [0.15, 0.2) is 30.3 Å². The summed E-state index contributed by atoms with van der Waals surface area (Å²) in [5, 5.41) is 5.07. The number of nitrogens with one attached hydrogen (secondary N) is 2. The van der Waals surface area contributed by atoms with Crippen LogP contribution in [0.1, 0.15) is 26.3 Å². The van der Waals surface area contributed by atoms with Crippen LogP contribution >= 0.6 is 0 Å². The predicted octanol–water partition coefficient (Wildman–Crippen LogP) is 1.66. The van der Waals surface area contributed by atoms with Gasteiger partial charge in [-0.3, -0.25) is 4.79 Å². The van der Waals surface area contributed by atoms with Crippen molar-refractivity contribution in [1.82, 2.24) is 15.5 Å². The first-order valence-corrected chi connectivity index (χ1v) is 9.55. The molecule has 1 aromatic carbocycles. The summed E-state index contributed by atoms with van der Waals surface area (Å²) in [5.41, 5.74) is 0.154. The van der Waals surface area contributed by atoms with Crippen molar-refractivity contribution >= 4 is 18.1 Å². The highest BCUT2D eigenvalue weighted by atomic mass is 16.6. The number of ether oxygens (including phenoxy) is 3. The highest BCUT2D eigenvalue weighted by Crippen LogP contribution is 2.07. The minimum absolute atomic E-state index is 0.0740. The molecule has 1 aliphatic rings. The Labute approximate surface area is 170 Å². The first kappa shape index (κ1) is 22.5. The van der Waals surface area contributed by atoms with Gasteiger partial charge in [0, 0.05) is 13.1 Å². The van der Waals surface area contributed by atoms with Crippen LogP contribution in [0, 0.1) is 0 Å². The summed E-state index contributed by atoms with van der Waals surface area (Å²) in [5.74, 6) is -0.319. The van der Waals surface area contributed by atoms with Crippen molar-refractivity contribution in [3.05, 3.63) is 35.9 Å². The highest BCUT2D eigenvalue weighted by molar-refractivity contribution is 5.86. The molecule has 0 aliphatic carbocycles. The average Bonchev–Trinajstić information content (AvgIpc) is 2.69. The SMILES string of the molecule is CC(C)(C)OC(=O)NC[C@@H](NC(=O)OCc1ccccc1)C(=O)N1CCOCC1. The minimum Gasteiger partial charge on any atom is -0.445 e. The molecule has 0 bridgehead atoms. The molecule has 3 amide bonds. The van der Waals surface area contributed by atoms with Gasteiger partial charge in [0.05, 0.1) is 19.8 Å². The molecule has 1 heterocycles. The number of morpholine rings is 1. The van der Waals surface area contributed by atoms with Gasteiger partial charge in [-0.15, -0.1) is 0 Å². The maximum atomic E-state index is 12.8. The Balaban J connectivity index is 1.94. The van der Waals surface area contributed by atoms with E-state index in [9.17, 15) is 14.4 Å². The van der Waals surface area contributed by atoms with Gasteiger partial charge in [0.2, 0.25) is 5.91 Å². The summed E-state index contributed by atoms with van der Waals surface area (Å²) < 4.78 is 15.6. The third-order valence-electron chi connectivity index (χ3n) is 3.98. The summed E-state index contributed by atoms with van der Waals surface area (Å²) in [6.45, 7) is 6.86. The molecule has 29 heavy (non-hydrogen) atoms. The lowest BCUT2D eigenvalue weighted by atomic mass is 10.2. The monoisotopic (exact) mass is 407 g/mol. The van der Waals surface area contributed by atoms with Gasteiger partial charge in [0.1, 0.15) is 18.2 Å². The molecule has 160 valence electrons. The van der Waals surface area contributed by atoms with E-state index in [2.05, 4.69) is 10.6 Å². The minimum atomic E-state index is -0.983. The molecule has 0 unspecified atom stereocenters. The molecule has 0 aromatic heterocycles. The van der Waals surface area contributed by atoms with E-state index < -0.39 is 23.8 Å². The number of hydrogen-bond donors (Lipinski definition) is 2. The van der Waals surface area contributed by atoms with Gasteiger partial charge >= 0.3 is 12.2 Å². The largest absolute Gasteiger partial charge is 0.445 e. The van der Waals surface area contributed by atoms with Crippen molar-refractivity contribution in [2.45, 2.75) is 39.0 Å². The van der Waals surface area contributed by atoms with Crippen molar-refractivity contribution in [1.29, 1.82) is 0 Å². The maximum absolute atomic E-state index is 12.8. The Kier molecular flexibility index (Phi) is 8.26. The van der Waals surface area contributed by atoms with Crippen molar-refractivity contribution in [2.75, 3.05) is 32.8 Å². The number of rotatable bonds is 6. The lowest BCUT2D eigenvalue weighted by Gasteiger charge is -2.30. The molecule has 1 fully saturated rings. The van der Waals surface area contributed by atoms with Gasteiger partial charge in [-0.2, -0.15) is 0 Å². The zero-order chi connectivity index (χ0) is 21.3. The van der Waals surface area contributed by atoms with Crippen LogP contribution in [-0.2, 0) is 25.6 Å². The topological polar surface area (TPSA) is 106 Å². The van der Waals surface area contributed by atoms with E-state index >= 15 is 0 Å². The molecule has 1 atom stereocenters. The summed E-state index contributed by atoms with van der Waals surface area (Å²) in [4.78, 5) is 38.6. The quantitative estimate of drug-likeness (QED) is 0.743. The smallest absolute Gasteiger partial charge is 0.408 e. The molecular weight excluding hydrogens is 378 g/mol. The number of carbonyl (C=O) groups is 3. The molecular formula is C20H29N3O6. The Morgan fingerprint density at radius 3 is 2.38 bits per heavy atom. The van der Waals surface area contributed by atoms with E-state index in [1.807, 2.05) is 30.3 Å². The molecule has 0 radical (unpaired) electrons. The van der Waals surface area contributed by atoms with E-state index in [4.69, 9.17) is 14.2 Å². The van der Waals surface area contributed by atoms with Crippen LogP contribution in [0.25, 0.3) is 0 Å². The predicted molar refractivity (Wildman–Crippen MR) is 105 cm³/mol. The second-order valence-corrected chi connectivity index (χ2v) is 7.58. The third kappa shape index (κ3) is 8.39. The number of alkyl carbamates (subject to hydrolysis) is 2. The van der Waals surface area contributed by atoms with Crippen LogP contribution < -0.4 is 10.6 Å². The Hall–Kier alpha value is -2.81. The van der Waals surface area contributed by atoms with Crippen molar-refractivity contribution in [2.24, 2.45) is 0 Å². The third-order valence-corrected chi connectivity index (χ3v) is 3.98. The van der Waals surface area contributed by atoms with Crippen LogP contribution in [-0.4, -0.2) is 67.5 Å². The van der Waals surface area contributed by atoms with Crippen molar-refractivity contribution in [3.63, 3.8) is 0 Å². The average molecular weight is 407 g/mol. The molecule has 1 aromatic rings. The summed E-state index contributed by atoms with van der Waals surface area (Å²) in [7, 11) is 0. The summed E-state index contributed by atoms with van der Waals surface area (Å²) >= 11 is 0. The molecule has 0 spiro atoms. The number of amides is 3. The maximum Gasteiger partial charge on any atom is 0.408 e. The molecule has 0 saturated carbocycles. The zero-order valence-corrected chi connectivity index (χ0v) is 17.1. The Bertz CT molecular complexity index is 683. The molecule has 2 N–H and O–H groups in total. The first-order chi connectivity index (χ1) is 13.7. The van der Waals surface area contributed by atoms with Gasteiger partial charge < -0.3 is 29.7 Å². The van der Waals surface area contributed by atoms with E-state index in [1.54, 1.807) is 25.7 Å². The standard InChI is InChI=1S/C20H29N3O6/c1-20(2,3)29-18(25)21-13-16(17(24)23-9-11-27-12-10-23)22-19(26)28-14-15-7-5-4-6-8-15/h4-8,16H,9-14H2,1-3H3,(H,21,25)(H,22,26)/t16-/m1/s1. The van der Waals surface area contributed by atoms with Crippen LogP contribution in [0.5, 0.6) is 0 Å². The van der Waals surface area contributed by atoms with Crippen LogP contribution in [0.4, 0.5) is 9.59 Å². The van der Waals surface area contributed by atoms with E-state index in [0.717, 1.165) is 5.56 Å². The van der Waals surface area contributed by atoms with E-state index in [1.165, 1.54) is 0 Å². The molecule has 9 heteroatoms. The second-order valence-electron chi connectivity index (χ2n) is 7.58. The number of nitrogens with zero attached hydrogens (tertiary/aromatic N) is 1. The number of benzene rings is 1. The van der Waals surface area contributed by atoms with Gasteiger partial charge in [0.25, 0.3) is 0 Å². The molecule has 2 rings (SSSR count). The lowest BCUT2D eigenvalue weighted by Crippen LogP contribution is -2.56.